The van der Waals surface area contributed by atoms with Crippen LogP contribution in [0.4, 0.5) is 4.79 Å². The number of ether oxygens (including phenoxy) is 1. The average Bonchev–Trinajstić information content (AvgIpc) is 2.95. The number of nitrogens with zero attached hydrogens (tertiary/aromatic N) is 1. The van der Waals surface area contributed by atoms with E-state index in [1.165, 1.54) is 11.1 Å². The van der Waals surface area contributed by atoms with Crippen molar-refractivity contribution in [2.75, 3.05) is 13.1 Å². The highest BCUT2D eigenvalue weighted by Crippen LogP contribution is 2.27. The van der Waals surface area contributed by atoms with Gasteiger partial charge in [0, 0.05) is 23.6 Å². The maximum absolute atomic E-state index is 12.8. The Balaban J connectivity index is 1.53. The van der Waals surface area contributed by atoms with E-state index in [0.717, 1.165) is 17.3 Å². The Morgan fingerprint density at radius 2 is 1.85 bits per heavy atom. The van der Waals surface area contributed by atoms with Gasteiger partial charge in [-0.05, 0) is 69.7 Å². The first-order valence-electron chi connectivity index (χ1n) is 9.41. The van der Waals surface area contributed by atoms with Gasteiger partial charge >= 0.3 is 6.09 Å². The first-order chi connectivity index (χ1) is 12.6. The minimum Gasteiger partial charge on any atom is -0.444 e. The zero-order valence-corrected chi connectivity index (χ0v) is 17.8. The van der Waals surface area contributed by atoms with Gasteiger partial charge in [0.2, 0.25) is 5.91 Å². The lowest BCUT2D eigenvalue weighted by atomic mass is 9.87. The summed E-state index contributed by atoms with van der Waals surface area (Å²) < 4.78 is 6.45. The predicted octanol–water partition coefficient (Wildman–Crippen LogP) is 2.76. The fourth-order valence-electron chi connectivity index (χ4n) is 3.66. The number of halogens is 1. The molecule has 1 aliphatic heterocycles. The standard InChI is InChI=1S/C20H28BrN3O3/c1-19(2,3)27-18(26)24-8-6-20(22,7-9-24)17(25)23-16-11-13-4-5-15(21)10-14(13)12-16/h4-5,10,16H,6-9,11-12,22H2,1-3H3,(H,23,25). The molecule has 7 heteroatoms. The van der Waals surface area contributed by atoms with Gasteiger partial charge in [-0.1, -0.05) is 22.0 Å². The third-order valence-electron chi connectivity index (χ3n) is 5.20. The van der Waals surface area contributed by atoms with Crippen LogP contribution in [0.3, 0.4) is 0 Å². The molecule has 1 fully saturated rings. The molecule has 1 saturated heterocycles. The van der Waals surface area contributed by atoms with E-state index in [-0.39, 0.29) is 18.0 Å². The third kappa shape index (κ3) is 4.82. The molecule has 0 aromatic heterocycles. The quantitative estimate of drug-likeness (QED) is 0.744. The molecule has 3 rings (SSSR count). The zero-order valence-electron chi connectivity index (χ0n) is 16.2. The Hall–Kier alpha value is -1.60. The number of nitrogens with one attached hydrogen (secondary N) is 1. The van der Waals surface area contributed by atoms with Gasteiger partial charge in [-0.2, -0.15) is 0 Å². The maximum atomic E-state index is 12.8. The van der Waals surface area contributed by atoms with Crippen molar-refractivity contribution in [3.05, 3.63) is 33.8 Å². The molecule has 1 heterocycles. The van der Waals surface area contributed by atoms with Crippen LogP contribution in [0.2, 0.25) is 0 Å². The highest BCUT2D eigenvalue weighted by molar-refractivity contribution is 9.10. The van der Waals surface area contributed by atoms with Crippen molar-refractivity contribution in [1.82, 2.24) is 10.2 Å². The third-order valence-corrected chi connectivity index (χ3v) is 5.69. The van der Waals surface area contributed by atoms with Crippen LogP contribution in [0.15, 0.2) is 22.7 Å². The van der Waals surface area contributed by atoms with Gasteiger partial charge < -0.3 is 20.7 Å². The van der Waals surface area contributed by atoms with Gasteiger partial charge in [-0.3, -0.25) is 4.79 Å². The lowest BCUT2D eigenvalue weighted by molar-refractivity contribution is -0.128. The molecule has 0 spiro atoms. The molecule has 27 heavy (non-hydrogen) atoms. The van der Waals surface area contributed by atoms with Crippen LogP contribution in [0, 0.1) is 0 Å². The van der Waals surface area contributed by atoms with E-state index >= 15 is 0 Å². The Bertz CT molecular complexity index is 736. The number of nitrogens with two attached hydrogens (primary N) is 1. The summed E-state index contributed by atoms with van der Waals surface area (Å²) >= 11 is 3.49. The molecule has 1 atom stereocenters. The second-order valence-electron chi connectivity index (χ2n) is 8.62. The van der Waals surface area contributed by atoms with Gasteiger partial charge in [0.05, 0.1) is 5.54 Å². The fraction of sp³-hybridized carbons (Fsp3) is 0.600. The predicted molar refractivity (Wildman–Crippen MR) is 107 cm³/mol. The summed E-state index contributed by atoms with van der Waals surface area (Å²) in [6.07, 6.45) is 2.17. The van der Waals surface area contributed by atoms with Crippen molar-refractivity contribution in [3.8, 4) is 0 Å². The molecule has 1 aromatic carbocycles. The molecule has 6 nitrogen and oxygen atoms in total. The minimum atomic E-state index is -0.937. The van der Waals surface area contributed by atoms with Crippen LogP contribution in [-0.4, -0.2) is 47.2 Å². The molecular weight excluding hydrogens is 410 g/mol. The van der Waals surface area contributed by atoms with Crippen LogP contribution in [0.25, 0.3) is 0 Å². The van der Waals surface area contributed by atoms with Crippen molar-refractivity contribution < 1.29 is 14.3 Å². The minimum absolute atomic E-state index is 0.0751. The van der Waals surface area contributed by atoms with Gasteiger partial charge in [0.25, 0.3) is 0 Å². The lowest BCUT2D eigenvalue weighted by Crippen LogP contribution is -2.61. The van der Waals surface area contributed by atoms with Crippen LogP contribution in [-0.2, 0) is 22.4 Å². The number of rotatable bonds is 2. The molecule has 0 radical (unpaired) electrons. The second-order valence-corrected chi connectivity index (χ2v) is 9.53. The SMILES string of the molecule is CC(C)(C)OC(=O)N1CCC(N)(C(=O)NC2Cc3ccc(Br)cc3C2)CC1. The number of amides is 2. The lowest BCUT2D eigenvalue weighted by Gasteiger charge is -2.38. The highest BCUT2D eigenvalue weighted by Gasteiger charge is 2.40. The van der Waals surface area contributed by atoms with E-state index in [9.17, 15) is 9.59 Å². The summed E-state index contributed by atoms with van der Waals surface area (Å²) in [6.45, 7) is 6.38. The van der Waals surface area contributed by atoms with Crippen molar-refractivity contribution in [2.45, 2.75) is 63.6 Å². The maximum Gasteiger partial charge on any atom is 0.410 e. The monoisotopic (exact) mass is 437 g/mol. The van der Waals surface area contributed by atoms with E-state index in [2.05, 4.69) is 33.4 Å². The van der Waals surface area contributed by atoms with E-state index in [4.69, 9.17) is 10.5 Å². The van der Waals surface area contributed by atoms with E-state index in [0.29, 0.717) is 25.9 Å². The topological polar surface area (TPSA) is 84.7 Å². The smallest absolute Gasteiger partial charge is 0.410 e. The number of likely N-dealkylation sites (tertiary alicyclic amines) is 1. The average molecular weight is 438 g/mol. The van der Waals surface area contributed by atoms with E-state index in [1.807, 2.05) is 26.8 Å². The Labute approximate surface area is 168 Å². The van der Waals surface area contributed by atoms with Crippen molar-refractivity contribution in [3.63, 3.8) is 0 Å². The molecule has 2 aliphatic rings. The van der Waals surface area contributed by atoms with Gasteiger partial charge in [0.1, 0.15) is 5.60 Å². The molecule has 1 aliphatic carbocycles. The molecule has 148 valence electrons. The number of hydrogen-bond donors (Lipinski definition) is 2. The molecule has 1 unspecified atom stereocenters. The first-order valence-corrected chi connectivity index (χ1v) is 10.2. The van der Waals surface area contributed by atoms with Crippen LogP contribution >= 0.6 is 15.9 Å². The Morgan fingerprint density at radius 1 is 1.22 bits per heavy atom. The highest BCUT2D eigenvalue weighted by atomic mass is 79.9. The van der Waals surface area contributed by atoms with Gasteiger partial charge in [-0.15, -0.1) is 0 Å². The van der Waals surface area contributed by atoms with Crippen LogP contribution in [0.1, 0.15) is 44.7 Å². The summed E-state index contributed by atoms with van der Waals surface area (Å²) in [5.41, 5.74) is 7.47. The molecule has 0 saturated carbocycles. The van der Waals surface area contributed by atoms with Gasteiger partial charge in [-0.25, -0.2) is 4.79 Å². The Kier molecular flexibility index (Phi) is 5.54. The zero-order chi connectivity index (χ0) is 19.8. The number of benzene rings is 1. The largest absolute Gasteiger partial charge is 0.444 e. The summed E-state index contributed by atoms with van der Waals surface area (Å²) in [4.78, 5) is 26.6. The second kappa shape index (κ2) is 7.43. The summed E-state index contributed by atoms with van der Waals surface area (Å²) in [5, 5.41) is 3.12. The summed E-state index contributed by atoms with van der Waals surface area (Å²) in [7, 11) is 0. The number of carbonyl (C=O) groups excluding carboxylic acids is 2. The number of hydrogen-bond acceptors (Lipinski definition) is 4. The van der Waals surface area contributed by atoms with Crippen LogP contribution in [0.5, 0.6) is 0 Å². The number of fused-ring (bicyclic) bond motifs is 1. The molecular formula is C20H28BrN3O3. The normalized spacial score (nSPS) is 21.5. The molecule has 2 amide bonds. The number of piperidine rings is 1. The van der Waals surface area contributed by atoms with Crippen molar-refractivity contribution >= 4 is 27.9 Å². The first kappa shape index (κ1) is 20.1. The molecule has 1 aromatic rings. The van der Waals surface area contributed by atoms with Crippen molar-refractivity contribution in [2.24, 2.45) is 5.73 Å². The van der Waals surface area contributed by atoms with Crippen LogP contribution < -0.4 is 11.1 Å². The van der Waals surface area contributed by atoms with E-state index < -0.39 is 11.1 Å². The summed E-state index contributed by atoms with van der Waals surface area (Å²) in [5.74, 6) is -0.122. The molecule has 0 bridgehead atoms. The molecule has 3 N–H and O–H groups in total. The number of carbonyl (C=O) groups is 2. The van der Waals surface area contributed by atoms with Gasteiger partial charge in [0.15, 0.2) is 0 Å². The van der Waals surface area contributed by atoms with Crippen molar-refractivity contribution in [1.29, 1.82) is 0 Å². The fourth-order valence-corrected chi connectivity index (χ4v) is 4.07. The Morgan fingerprint density at radius 3 is 2.48 bits per heavy atom. The summed E-state index contributed by atoms with van der Waals surface area (Å²) in [6, 6.07) is 6.31. The van der Waals surface area contributed by atoms with E-state index in [1.54, 1.807) is 4.90 Å².